The van der Waals surface area contributed by atoms with Gasteiger partial charge in [0.2, 0.25) is 5.82 Å². The summed E-state index contributed by atoms with van der Waals surface area (Å²) in [5, 5.41) is 2.81. The summed E-state index contributed by atoms with van der Waals surface area (Å²) in [6, 6.07) is 6.83. The molecule has 0 spiro atoms. The van der Waals surface area contributed by atoms with Crippen molar-refractivity contribution in [1.29, 1.82) is 0 Å². The lowest BCUT2D eigenvalue weighted by atomic mass is 10.2. The molecule has 20 heavy (non-hydrogen) atoms. The topological polar surface area (TPSA) is 45.6 Å². The van der Waals surface area contributed by atoms with Gasteiger partial charge in [0.15, 0.2) is 0 Å². The molecule has 4 nitrogen and oxygen atoms in total. The lowest BCUT2D eigenvalue weighted by Gasteiger charge is -2.27. The maximum Gasteiger partial charge on any atom is 0.451 e. The second-order valence-electron chi connectivity index (χ2n) is 4.74. The summed E-state index contributed by atoms with van der Waals surface area (Å²) in [4.78, 5) is 9.31. The highest BCUT2D eigenvalue weighted by Gasteiger charge is 2.36. The highest BCUT2D eigenvalue weighted by Crippen LogP contribution is 2.31. The number of rotatable bonds is 1. The fraction of sp³-hybridized carbons (Fsp3) is 0.385. The van der Waals surface area contributed by atoms with Crippen LogP contribution in [-0.4, -0.2) is 36.1 Å². The third kappa shape index (κ3) is 2.40. The first-order valence-electron chi connectivity index (χ1n) is 6.46. The van der Waals surface area contributed by atoms with Crippen LogP contribution in [0, 0.1) is 0 Å². The first-order valence-corrected chi connectivity index (χ1v) is 6.46. The predicted octanol–water partition coefficient (Wildman–Crippen LogP) is 1.03. The Labute approximate surface area is 113 Å². The van der Waals surface area contributed by atoms with Gasteiger partial charge >= 0.3 is 6.18 Å². The van der Waals surface area contributed by atoms with Crippen LogP contribution in [0.1, 0.15) is 5.82 Å². The number of aromatic nitrogens is 2. The second kappa shape index (κ2) is 4.90. The summed E-state index contributed by atoms with van der Waals surface area (Å²) in [5.41, 5.74) is 0.333. The molecule has 106 valence electrons. The molecule has 7 heteroatoms. The van der Waals surface area contributed by atoms with Crippen LogP contribution in [0.15, 0.2) is 24.3 Å². The van der Waals surface area contributed by atoms with E-state index in [1.807, 2.05) is 4.90 Å². The summed E-state index contributed by atoms with van der Waals surface area (Å²) in [5.74, 6) is -0.684. The minimum absolute atomic E-state index is 0.333. The van der Waals surface area contributed by atoms with Crippen LogP contribution < -0.4 is 10.2 Å². The van der Waals surface area contributed by atoms with Gasteiger partial charge in [-0.05, 0) is 12.1 Å². The average molecular weight is 283 g/mol. The predicted molar refractivity (Wildman–Crippen MR) is 68.4 cm³/mol. The maximum absolute atomic E-state index is 12.9. The number of benzene rings is 1. The first kappa shape index (κ1) is 13.1. The van der Waals surface area contributed by atoms with Crippen molar-refractivity contribution in [3.63, 3.8) is 0 Å². The van der Waals surface area contributed by atoms with Gasteiger partial charge in [0.25, 0.3) is 0 Å². The molecule has 0 radical (unpaired) electrons. The Balaban J connectivity index is 2.16. The summed E-state index contributed by atoms with van der Waals surface area (Å²) in [6.45, 7) is 3.11. The summed E-state index contributed by atoms with van der Waals surface area (Å²) in [7, 11) is 0. The molecule has 0 atom stereocenters. The van der Waals surface area contributed by atoms with Crippen LogP contribution >= 0.6 is 0 Å². The number of fused-ring (bicyclic) bond motifs is 1. The summed E-state index contributed by atoms with van der Waals surface area (Å²) in [6.07, 6.45) is -4.53. The number of halogens is 3. The van der Waals surface area contributed by atoms with E-state index >= 15 is 0 Å². The van der Waals surface area contributed by atoms with E-state index in [0.29, 0.717) is 29.8 Å². The lowest BCUT2D eigenvalue weighted by Crippen LogP contribution is -2.89. The number of hydrogen-bond donors (Lipinski definition) is 1. The zero-order valence-corrected chi connectivity index (χ0v) is 10.7. The van der Waals surface area contributed by atoms with Gasteiger partial charge in [-0.3, -0.25) is 0 Å². The number of nitrogens with two attached hydrogens (primary N) is 1. The monoisotopic (exact) mass is 283 g/mol. The number of quaternary nitrogens is 1. The van der Waals surface area contributed by atoms with Crippen molar-refractivity contribution in [1.82, 2.24) is 9.97 Å². The van der Waals surface area contributed by atoms with E-state index in [2.05, 4.69) is 15.3 Å². The molecule has 2 aromatic rings. The standard InChI is InChI=1S/C13H13F3N4/c14-13(15,16)12-18-10-4-2-1-3-9(10)11(19-12)20-7-5-17-6-8-20/h1-4,17H,5-8H2/p+1. The lowest BCUT2D eigenvalue weighted by molar-refractivity contribution is -0.655. The van der Waals surface area contributed by atoms with Crippen molar-refractivity contribution in [2.45, 2.75) is 6.18 Å². The molecule has 3 rings (SSSR count). The molecule has 0 saturated carbocycles. The highest BCUT2D eigenvalue weighted by atomic mass is 19.4. The number of nitrogens with zero attached hydrogens (tertiary/aromatic N) is 3. The van der Waals surface area contributed by atoms with Gasteiger partial charge in [0.1, 0.15) is 5.82 Å². The molecule has 1 aromatic carbocycles. The quantitative estimate of drug-likeness (QED) is 0.850. The minimum Gasteiger partial charge on any atom is -0.345 e. The number of hydrogen-bond acceptors (Lipinski definition) is 3. The number of anilines is 1. The molecular weight excluding hydrogens is 269 g/mol. The Kier molecular flexibility index (Phi) is 3.21. The number of piperazine rings is 1. The smallest absolute Gasteiger partial charge is 0.345 e. The highest BCUT2D eigenvalue weighted by molar-refractivity contribution is 5.89. The largest absolute Gasteiger partial charge is 0.451 e. The van der Waals surface area contributed by atoms with Crippen molar-refractivity contribution in [2.75, 3.05) is 31.1 Å². The first-order chi connectivity index (χ1) is 9.55. The summed E-state index contributed by atoms with van der Waals surface area (Å²) >= 11 is 0. The van der Waals surface area contributed by atoms with Gasteiger partial charge < -0.3 is 10.2 Å². The van der Waals surface area contributed by atoms with E-state index in [9.17, 15) is 13.2 Å². The van der Waals surface area contributed by atoms with E-state index in [-0.39, 0.29) is 0 Å². The fourth-order valence-corrected chi connectivity index (χ4v) is 2.39. The molecule has 1 fully saturated rings. The van der Waals surface area contributed by atoms with Gasteiger partial charge in [-0.2, -0.15) is 13.2 Å². The molecule has 0 amide bonds. The normalized spacial score (nSPS) is 16.6. The molecular formula is C13H14F3N4+. The Morgan fingerprint density at radius 3 is 2.45 bits per heavy atom. The zero-order chi connectivity index (χ0) is 14.2. The Morgan fingerprint density at radius 1 is 1.05 bits per heavy atom. The van der Waals surface area contributed by atoms with Crippen molar-refractivity contribution < 1.29 is 18.5 Å². The molecule has 2 N–H and O–H groups in total. The van der Waals surface area contributed by atoms with Gasteiger partial charge in [-0.25, -0.2) is 9.97 Å². The second-order valence-corrected chi connectivity index (χ2v) is 4.74. The van der Waals surface area contributed by atoms with Crippen LogP contribution in [0.2, 0.25) is 0 Å². The van der Waals surface area contributed by atoms with Crippen LogP contribution in [0.25, 0.3) is 10.9 Å². The fourth-order valence-electron chi connectivity index (χ4n) is 2.39. The van der Waals surface area contributed by atoms with E-state index in [1.54, 1.807) is 24.3 Å². The third-order valence-corrected chi connectivity index (χ3v) is 3.34. The number of para-hydroxylation sites is 1. The van der Waals surface area contributed by atoms with Crippen molar-refractivity contribution in [2.24, 2.45) is 0 Å². The molecule has 1 aliphatic rings. The van der Waals surface area contributed by atoms with Gasteiger partial charge in [0.05, 0.1) is 31.7 Å². The molecule has 0 bridgehead atoms. The third-order valence-electron chi connectivity index (χ3n) is 3.34. The van der Waals surface area contributed by atoms with Crippen LogP contribution in [0.3, 0.4) is 0 Å². The summed E-state index contributed by atoms with van der Waals surface area (Å²) < 4.78 is 38.7. The Bertz CT molecular complexity index is 621. The van der Waals surface area contributed by atoms with Crippen molar-refractivity contribution >= 4 is 16.7 Å². The van der Waals surface area contributed by atoms with Crippen LogP contribution in [0.5, 0.6) is 0 Å². The molecule has 1 aliphatic heterocycles. The van der Waals surface area contributed by atoms with Crippen LogP contribution in [-0.2, 0) is 6.18 Å². The molecule has 1 saturated heterocycles. The van der Waals surface area contributed by atoms with E-state index in [1.165, 1.54) is 0 Å². The van der Waals surface area contributed by atoms with Crippen molar-refractivity contribution in [3.8, 4) is 0 Å². The Morgan fingerprint density at radius 2 is 1.75 bits per heavy atom. The average Bonchev–Trinajstić information content (AvgIpc) is 2.46. The molecule has 0 unspecified atom stereocenters. The maximum atomic E-state index is 12.9. The number of alkyl halides is 3. The van der Waals surface area contributed by atoms with Gasteiger partial charge in [0, 0.05) is 5.39 Å². The minimum atomic E-state index is -4.53. The SMILES string of the molecule is FC(F)(F)c1nc(N2CC[NH2+]CC2)c2ccccc2n1. The van der Waals surface area contributed by atoms with Gasteiger partial charge in [-0.1, -0.05) is 12.1 Å². The molecule has 0 aliphatic carbocycles. The van der Waals surface area contributed by atoms with Crippen LogP contribution in [0.4, 0.5) is 19.0 Å². The molecule has 2 heterocycles. The zero-order valence-electron chi connectivity index (χ0n) is 10.7. The van der Waals surface area contributed by atoms with Gasteiger partial charge in [-0.15, -0.1) is 0 Å². The van der Waals surface area contributed by atoms with Crippen molar-refractivity contribution in [3.05, 3.63) is 30.1 Å². The van der Waals surface area contributed by atoms with E-state index in [0.717, 1.165) is 13.1 Å². The van der Waals surface area contributed by atoms with E-state index in [4.69, 9.17) is 0 Å². The Hall–Kier alpha value is -1.89. The van der Waals surface area contributed by atoms with E-state index < -0.39 is 12.0 Å². The molecule has 1 aromatic heterocycles.